The first-order chi connectivity index (χ1) is 14.6. The Morgan fingerprint density at radius 2 is 1.81 bits per heavy atom. The van der Waals surface area contributed by atoms with Gasteiger partial charge in [-0.1, -0.05) is 11.6 Å². The highest BCUT2D eigenvalue weighted by Gasteiger charge is 2.24. The molecule has 0 unspecified atom stereocenters. The third kappa shape index (κ3) is 6.32. The smallest absolute Gasteiger partial charge is 0.319 e. The number of benzene rings is 2. The maximum absolute atomic E-state index is 14.6. The lowest BCUT2D eigenvalue weighted by Crippen LogP contribution is -2.45. The topological polar surface area (TPSA) is 87.7 Å². The molecule has 1 heterocycles. The molecule has 2 aromatic carbocycles. The Morgan fingerprint density at radius 3 is 2.42 bits per heavy atom. The van der Waals surface area contributed by atoms with Crippen molar-refractivity contribution >= 4 is 38.8 Å². The summed E-state index contributed by atoms with van der Waals surface area (Å²) in [5, 5.41) is 5.43. The third-order valence-electron chi connectivity index (χ3n) is 4.79. The van der Waals surface area contributed by atoms with Gasteiger partial charge in [-0.05, 0) is 56.3 Å². The Hall–Kier alpha value is -2.36. The van der Waals surface area contributed by atoms with Crippen molar-refractivity contribution in [2.45, 2.75) is 31.0 Å². The standard InChI is InChI=1S/C21H25ClFN3O4S/c1-14-12-26(13-15(2)30-14)20-8-5-17(11-19(20)23)25-21(27)24-9-10-31(28,29)18-6-3-16(22)4-7-18/h3-8,11,14-15H,9-10,12-13H2,1-2H3,(H2,24,25,27)/t14-,15+. The van der Waals surface area contributed by atoms with Gasteiger partial charge in [0.15, 0.2) is 9.84 Å². The van der Waals surface area contributed by atoms with Crippen LogP contribution in [0.4, 0.5) is 20.6 Å². The van der Waals surface area contributed by atoms with Gasteiger partial charge in [-0.3, -0.25) is 0 Å². The van der Waals surface area contributed by atoms with E-state index in [1.807, 2.05) is 18.7 Å². The zero-order valence-corrected chi connectivity index (χ0v) is 18.8. The van der Waals surface area contributed by atoms with Crippen molar-refractivity contribution in [3.05, 3.63) is 53.3 Å². The van der Waals surface area contributed by atoms with Crippen LogP contribution in [0.5, 0.6) is 0 Å². The number of urea groups is 1. The normalized spacial score (nSPS) is 19.2. The number of hydrogen-bond acceptors (Lipinski definition) is 5. The molecular formula is C21H25ClFN3O4S. The second-order valence-electron chi connectivity index (χ2n) is 7.48. The summed E-state index contributed by atoms with van der Waals surface area (Å²) < 4.78 is 44.9. The molecule has 7 nitrogen and oxygen atoms in total. The lowest BCUT2D eigenvalue weighted by molar-refractivity contribution is -0.00539. The molecule has 2 aromatic rings. The second kappa shape index (κ2) is 9.84. The molecular weight excluding hydrogens is 445 g/mol. The molecule has 0 bridgehead atoms. The quantitative estimate of drug-likeness (QED) is 0.673. The van der Waals surface area contributed by atoms with Gasteiger partial charge in [0.1, 0.15) is 5.82 Å². The largest absolute Gasteiger partial charge is 0.372 e. The van der Waals surface area contributed by atoms with Gasteiger partial charge in [-0.15, -0.1) is 0 Å². The van der Waals surface area contributed by atoms with Gasteiger partial charge in [0, 0.05) is 30.3 Å². The molecule has 10 heteroatoms. The van der Waals surface area contributed by atoms with Crippen molar-refractivity contribution < 1.29 is 22.3 Å². The molecule has 2 atom stereocenters. The Kier molecular flexibility index (Phi) is 7.40. The first kappa shape index (κ1) is 23.3. The third-order valence-corrected chi connectivity index (χ3v) is 6.78. The average molecular weight is 470 g/mol. The molecule has 2 amide bonds. The lowest BCUT2D eigenvalue weighted by Gasteiger charge is -2.37. The summed E-state index contributed by atoms with van der Waals surface area (Å²) in [6.45, 7) is 4.94. The summed E-state index contributed by atoms with van der Waals surface area (Å²) in [5.41, 5.74) is 0.718. The van der Waals surface area contributed by atoms with Crippen molar-refractivity contribution in [3.63, 3.8) is 0 Å². The molecule has 1 fully saturated rings. The predicted octanol–water partition coefficient (Wildman–Crippen LogP) is 3.69. The van der Waals surface area contributed by atoms with E-state index >= 15 is 0 Å². The molecule has 2 N–H and O–H groups in total. The van der Waals surface area contributed by atoms with Crippen molar-refractivity contribution in [2.24, 2.45) is 0 Å². The number of nitrogens with zero attached hydrogens (tertiary/aromatic N) is 1. The molecule has 1 aliphatic rings. The maximum atomic E-state index is 14.6. The van der Waals surface area contributed by atoms with Crippen molar-refractivity contribution in [1.29, 1.82) is 0 Å². The molecule has 1 saturated heterocycles. The number of sulfone groups is 1. The van der Waals surface area contributed by atoms with E-state index in [0.717, 1.165) is 0 Å². The summed E-state index contributed by atoms with van der Waals surface area (Å²) in [7, 11) is -3.56. The number of morpholine rings is 1. The summed E-state index contributed by atoms with van der Waals surface area (Å²) in [5.74, 6) is -0.729. The monoisotopic (exact) mass is 469 g/mol. The SMILES string of the molecule is C[C@@H]1CN(c2ccc(NC(=O)NCCS(=O)(=O)c3ccc(Cl)cc3)cc2F)C[C@H](C)O1. The number of rotatable bonds is 6. The zero-order valence-electron chi connectivity index (χ0n) is 17.3. The summed E-state index contributed by atoms with van der Waals surface area (Å²) in [6.07, 6.45) is -0.00763. The molecule has 0 spiro atoms. The van der Waals surface area contributed by atoms with E-state index in [1.165, 1.54) is 30.3 Å². The van der Waals surface area contributed by atoms with Crippen molar-refractivity contribution in [3.8, 4) is 0 Å². The molecule has 0 saturated carbocycles. The lowest BCUT2D eigenvalue weighted by atomic mass is 10.2. The highest BCUT2D eigenvalue weighted by atomic mass is 35.5. The van der Waals surface area contributed by atoms with Crippen LogP contribution in [0, 0.1) is 5.82 Å². The highest BCUT2D eigenvalue weighted by molar-refractivity contribution is 7.91. The molecule has 0 radical (unpaired) electrons. The minimum Gasteiger partial charge on any atom is -0.372 e. The van der Waals surface area contributed by atoms with E-state index in [9.17, 15) is 17.6 Å². The summed E-state index contributed by atoms with van der Waals surface area (Å²) in [4.78, 5) is 14.1. The summed E-state index contributed by atoms with van der Waals surface area (Å²) >= 11 is 5.77. The first-order valence-electron chi connectivity index (χ1n) is 9.87. The second-order valence-corrected chi connectivity index (χ2v) is 10.0. The van der Waals surface area contributed by atoms with Gasteiger partial charge in [0.2, 0.25) is 0 Å². The first-order valence-corrected chi connectivity index (χ1v) is 11.9. The van der Waals surface area contributed by atoms with Crippen LogP contribution in [0.2, 0.25) is 5.02 Å². The number of amides is 2. The Balaban J connectivity index is 1.53. The zero-order chi connectivity index (χ0) is 22.6. The van der Waals surface area contributed by atoms with Gasteiger partial charge >= 0.3 is 6.03 Å². The maximum Gasteiger partial charge on any atom is 0.319 e. The molecule has 31 heavy (non-hydrogen) atoms. The van der Waals surface area contributed by atoms with Crippen LogP contribution >= 0.6 is 11.6 Å². The molecule has 3 rings (SSSR count). The van der Waals surface area contributed by atoms with Crippen LogP contribution in [0.15, 0.2) is 47.4 Å². The number of nitrogens with one attached hydrogen (secondary N) is 2. The van der Waals surface area contributed by atoms with Crippen molar-refractivity contribution in [1.82, 2.24) is 5.32 Å². The predicted molar refractivity (Wildman–Crippen MR) is 119 cm³/mol. The number of carbonyl (C=O) groups is 1. The number of carbonyl (C=O) groups excluding carboxylic acids is 1. The number of hydrogen-bond donors (Lipinski definition) is 2. The fourth-order valence-corrected chi connectivity index (χ4v) is 4.73. The van der Waals surface area contributed by atoms with Crippen LogP contribution in [0.1, 0.15) is 13.8 Å². The minimum absolute atomic E-state index is 0.00381. The average Bonchev–Trinajstić information content (AvgIpc) is 2.67. The van der Waals surface area contributed by atoms with E-state index < -0.39 is 21.7 Å². The fourth-order valence-electron chi connectivity index (χ4n) is 3.45. The molecule has 1 aliphatic heterocycles. The van der Waals surface area contributed by atoms with Gasteiger partial charge in [-0.25, -0.2) is 17.6 Å². The molecule has 0 aliphatic carbocycles. The molecule has 168 valence electrons. The Morgan fingerprint density at radius 1 is 1.16 bits per heavy atom. The van der Waals surface area contributed by atoms with Gasteiger partial charge < -0.3 is 20.3 Å². The number of ether oxygens (including phenoxy) is 1. The van der Waals surface area contributed by atoms with Gasteiger partial charge in [-0.2, -0.15) is 0 Å². The number of anilines is 2. The summed E-state index contributed by atoms with van der Waals surface area (Å²) in [6, 6.07) is 9.65. The minimum atomic E-state index is -3.56. The van der Waals surface area contributed by atoms with Crippen LogP contribution in [0.3, 0.4) is 0 Å². The van der Waals surface area contributed by atoms with Crippen LogP contribution in [0.25, 0.3) is 0 Å². The van der Waals surface area contributed by atoms with Gasteiger partial charge in [0.25, 0.3) is 0 Å². The van der Waals surface area contributed by atoms with Crippen LogP contribution < -0.4 is 15.5 Å². The van der Waals surface area contributed by atoms with Gasteiger partial charge in [0.05, 0.1) is 28.5 Å². The van der Waals surface area contributed by atoms with Crippen LogP contribution in [-0.2, 0) is 14.6 Å². The Bertz CT molecular complexity index is 1020. The highest BCUT2D eigenvalue weighted by Crippen LogP contribution is 2.26. The van der Waals surface area contributed by atoms with E-state index in [-0.39, 0.29) is 35.1 Å². The van der Waals surface area contributed by atoms with E-state index in [0.29, 0.717) is 23.8 Å². The fraction of sp³-hybridized carbons (Fsp3) is 0.381. The molecule has 0 aromatic heterocycles. The Labute approximate surface area is 186 Å². The van der Waals surface area contributed by atoms with E-state index in [4.69, 9.17) is 16.3 Å². The van der Waals surface area contributed by atoms with E-state index in [2.05, 4.69) is 10.6 Å². The number of halogens is 2. The van der Waals surface area contributed by atoms with Crippen LogP contribution in [-0.4, -0.2) is 52.0 Å². The van der Waals surface area contributed by atoms with Crippen molar-refractivity contribution in [2.75, 3.05) is 35.6 Å². The van der Waals surface area contributed by atoms with E-state index in [1.54, 1.807) is 12.1 Å².